The van der Waals surface area contributed by atoms with Gasteiger partial charge in [0.05, 0.1) is 22.3 Å². The molecular formula is C23H15Cl2NO3. The molecule has 1 aliphatic heterocycles. The van der Waals surface area contributed by atoms with Gasteiger partial charge in [0, 0.05) is 10.6 Å². The number of para-hydroxylation sites is 1. The fourth-order valence-electron chi connectivity index (χ4n) is 3.44. The Labute approximate surface area is 177 Å². The summed E-state index contributed by atoms with van der Waals surface area (Å²) in [5.41, 5.74) is 1.41. The number of hydrogen-bond acceptors (Lipinski definition) is 3. The highest BCUT2D eigenvalue weighted by atomic mass is 35.5. The lowest BCUT2D eigenvalue weighted by molar-refractivity contribution is -0.117. The molecule has 1 N–H and O–H groups in total. The molecule has 1 heterocycles. The van der Waals surface area contributed by atoms with Gasteiger partial charge in [0.1, 0.15) is 0 Å². The highest BCUT2D eigenvalue weighted by molar-refractivity contribution is 6.34. The molecule has 3 aromatic carbocycles. The van der Waals surface area contributed by atoms with Crippen LogP contribution in [0.4, 0.5) is 5.69 Å². The molecular weight excluding hydrogens is 409 g/mol. The van der Waals surface area contributed by atoms with Crippen molar-refractivity contribution in [1.82, 2.24) is 0 Å². The molecule has 144 valence electrons. The molecule has 1 atom stereocenters. The van der Waals surface area contributed by atoms with Crippen LogP contribution >= 0.6 is 23.2 Å². The number of aliphatic hydroxyl groups excluding tert-OH is 1. The number of nitrogens with zero attached hydrogens (tertiary/aromatic N) is 1. The Morgan fingerprint density at radius 1 is 0.862 bits per heavy atom. The largest absolute Gasteiger partial charge is 0.503 e. The van der Waals surface area contributed by atoms with Gasteiger partial charge in [0.25, 0.3) is 5.91 Å². The van der Waals surface area contributed by atoms with Crippen molar-refractivity contribution in [3.63, 3.8) is 0 Å². The Bertz CT molecular complexity index is 1120. The summed E-state index contributed by atoms with van der Waals surface area (Å²) in [4.78, 5) is 27.6. The number of ketones is 1. The molecule has 0 fully saturated rings. The summed E-state index contributed by atoms with van der Waals surface area (Å²) in [6, 6.07) is 21.3. The van der Waals surface area contributed by atoms with Crippen LogP contribution in [0.5, 0.6) is 0 Å². The van der Waals surface area contributed by atoms with E-state index in [0.717, 1.165) is 0 Å². The van der Waals surface area contributed by atoms with E-state index in [-0.39, 0.29) is 5.57 Å². The number of benzene rings is 3. The monoisotopic (exact) mass is 423 g/mol. The second kappa shape index (κ2) is 7.74. The number of amides is 1. The highest BCUT2D eigenvalue weighted by Gasteiger charge is 2.45. The van der Waals surface area contributed by atoms with E-state index < -0.39 is 23.5 Å². The number of Topliss-reactive ketones (excluding diaryl/α,β-unsaturated/α-hetero) is 1. The summed E-state index contributed by atoms with van der Waals surface area (Å²) in [5, 5.41) is 11.6. The van der Waals surface area contributed by atoms with Crippen LogP contribution in [0, 0.1) is 0 Å². The first kappa shape index (κ1) is 19.2. The van der Waals surface area contributed by atoms with Crippen LogP contribution < -0.4 is 4.90 Å². The molecule has 0 saturated heterocycles. The van der Waals surface area contributed by atoms with Crippen molar-refractivity contribution < 1.29 is 14.7 Å². The highest BCUT2D eigenvalue weighted by Crippen LogP contribution is 2.44. The lowest BCUT2D eigenvalue weighted by Crippen LogP contribution is -2.31. The number of halogens is 2. The van der Waals surface area contributed by atoms with Crippen LogP contribution in [0.25, 0.3) is 0 Å². The van der Waals surface area contributed by atoms with Crippen LogP contribution in [0.15, 0.2) is 90.2 Å². The summed E-state index contributed by atoms with van der Waals surface area (Å²) in [5.74, 6) is -1.69. The second-order valence-corrected chi connectivity index (χ2v) is 7.38. The predicted octanol–water partition coefficient (Wildman–Crippen LogP) is 5.78. The van der Waals surface area contributed by atoms with E-state index in [1.54, 1.807) is 78.9 Å². The zero-order valence-corrected chi connectivity index (χ0v) is 16.6. The molecule has 4 rings (SSSR count). The Kier molecular flexibility index (Phi) is 5.14. The van der Waals surface area contributed by atoms with E-state index in [1.807, 2.05) is 0 Å². The first-order valence-electron chi connectivity index (χ1n) is 8.85. The van der Waals surface area contributed by atoms with Crippen molar-refractivity contribution in [3.8, 4) is 0 Å². The Morgan fingerprint density at radius 2 is 1.48 bits per heavy atom. The van der Waals surface area contributed by atoms with E-state index in [0.29, 0.717) is 26.9 Å². The van der Waals surface area contributed by atoms with Gasteiger partial charge < -0.3 is 5.11 Å². The Balaban J connectivity index is 1.90. The molecule has 29 heavy (non-hydrogen) atoms. The maximum Gasteiger partial charge on any atom is 0.294 e. The molecule has 6 heteroatoms. The molecule has 0 radical (unpaired) electrons. The minimum absolute atomic E-state index is 0.00319. The smallest absolute Gasteiger partial charge is 0.294 e. The van der Waals surface area contributed by atoms with Crippen molar-refractivity contribution in [2.45, 2.75) is 6.04 Å². The molecule has 1 aliphatic rings. The maximum atomic E-state index is 13.3. The topological polar surface area (TPSA) is 57.6 Å². The first-order chi connectivity index (χ1) is 14.0. The van der Waals surface area contributed by atoms with Crippen molar-refractivity contribution in [2.75, 3.05) is 4.90 Å². The van der Waals surface area contributed by atoms with Gasteiger partial charge >= 0.3 is 0 Å². The molecule has 0 saturated carbocycles. The van der Waals surface area contributed by atoms with Gasteiger partial charge in [-0.3, -0.25) is 14.5 Å². The van der Waals surface area contributed by atoms with Gasteiger partial charge in [-0.2, -0.15) is 0 Å². The molecule has 1 amide bonds. The summed E-state index contributed by atoms with van der Waals surface area (Å²) in [6.07, 6.45) is 0. The summed E-state index contributed by atoms with van der Waals surface area (Å²) >= 11 is 12.4. The number of rotatable bonds is 4. The van der Waals surface area contributed by atoms with Gasteiger partial charge in [-0.15, -0.1) is 0 Å². The van der Waals surface area contributed by atoms with Crippen LogP contribution in [0.2, 0.25) is 10.0 Å². The second-order valence-electron chi connectivity index (χ2n) is 6.54. The Morgan fingerprint density at radius 3 is 2.14 bits per heavy atom. The summed E-state index contributed by atoms with van der Waals surface area (Å²) < 4.78 is 0. The average molecular weight is 424 g/mol. The normalized spacial score (nSPS) is 16.4. The third kappa shape index (κ3) is 3.41. The van der Waals surface area contributed by atoms with Crippen molar-refractivity contribution in [3.05, 3.63) is 111 Å². The van der Waals surface area contributed by atoms with Crippen LogP contribution in [0.3, 0.4) is 0 Å². The fraction of sp³-hybridized carbons (Fsp3) is 0.0435. The molecule has 0 bridgehead atoms. The van der Waals surface area contributed by atoms with E-state index in [1.165, 1.54) is 4.90 Å². The first-order valence-corrected chi connectivity index (χ1v) is 9.61. The summed E-state index contributed by atoms with van der Waals surface area (Å²) in [6.45, 7) is 0. The van der Waals surface area contributed by atoms with Gasteiger partial charge in [0.15, 0.2) is 11.5 Å². The van der Waals surface area contributed by atoms with Crippen molar-refractivity contribution in [1.29, 1.82) is 0 Å². The van der Waals surface area contributed by atoms with Crippen molar-refractivity contribution >= 4 is 40.6 Å². The average Bonchev–Trinajstić information content (AvgIpc) is 3.00. The SMILES string of the molecule is O=C(C1=C(O)C(=O)N(c2ccccc2Cl)C1c1ccc(Cl)cc1)c1ccccc1. The molecule has 0 aliphatic carbocycles. The molecule has 0 spiro atoms. The minimum atomic E-state index is -0.840. The number of hydrogen-bond donors (Lipinski definition) is 1. The van der Waals surface area contributed by atoms with E-state index >= 15 is 0 Å². The van der Waals surface area contributed by atoms with Gasteiger partial charge in [-0.25, -0.2) is 0 Å². The van der Waals surface area contributed by atoms with Crippen LogP contribution in [-0.4, -0.2) is 16.8 Å². The third-order valence-corrected chi connectivity index (χ3v) is 5.36. The van der Waals surface area contributed by atoms with E-state index in [2.05, 4.69) is 0 Å². The third-order valence-electron chi connectivity index (χ3n) is 4.79. The standard InChI is InChI=1S/C23H15Cl2NO3/c24-16-12-10-14(11-13-16)20-19(21(27)15-6-2-1-3-7-15)22(28)23(29)26(20)18-9-5-4-8-17(18)25/h1-13,20,28H. The lowest BCUT2D eigenvalue weighted by atomic mass is 9.92. The number of anilines is 1. The van der Waals surface area contributed by atoms with Gasteiger partial charge in [-0.05, 0) is 29.8 Å². The fourth-order valence-corrected chi connectivity index (χ4v) is 3.79. The van der Waals surface area contributed by atoms with Crippen LogP contribution in [-0.2, 0) is 4.79 Å². The maximum absolute atomic E-state index is 13.3. The quantitative estimate of drug-likeness (QED) is 0.541. The number of aliphatic hydroxyl groups is 1. The van der Waals surface area contributed by atoms with Gasteiger partial charge in [0.2, 0.25) is 0 Å². The number of carbonyl (C=O) groups excluding carboxylic acids is 2. The molecule has 0 aromatic heterocycles. The van der Waals surface area contributed by atoms with Gasteiger partial charge in [-0.1, -0.05) is 77.8 Å². The zero-order chi connectivity index (χ0) is 20.5. The Hall–Kier alpha value is -3.08. The van der Waals surface area contributed by atoms with Crippen LogP contribution in [0.1, 0.15) is 22.0 Å². The molecule has 3 aromatic rings. The van der Waals surface area contributed by atoms with Crippen molar-refractivity contribution in [2.24, 2.45) is 0 Å². The minimum Gasteiger partial charge on any atom is -0.503 e. The summed E-state index contributed by atoms with van der Waals surface area (Å²) in [7, 11) is 0. The predicted molar refractivity (Wildman–Crippen MR) is 114 cm³/mol. The number of carbonyl (C=O) groups is 2. The molecule has 1 unspecified atom stereocenters. The molecule has 4 nitrogen and oxygen atoms in total. The lowest BCUT2D eigenvalue weighted by Gasteiger charge is -2.27. The van der Waals surface area contributed by atoms with E-state index in [4.69, 9.17) is 23.2 Å². The zero-order valence-electron chi connectivity index (χ0n) is 15.0. The van der Waals surface area contributed by atoms with E-state index in [9.17, 15) is 14.7 Å².